The van der Waals surface area contributed by atoms with E-state index in [9.17, 15) is 28.8 Å². The number of esters is 3. The molecular formula is C21H17N3O9. The molecule has 0 aliphatic carbocycles. The summed E-state index contributed by atoms with van der Waals surface area (Å²) in [7, 11) is 0. The standard InChI is InChI=1S/C21H17N3O9/c25-16-4-1-12(7-22-16)19(28)31-10-15(33-21(30)14-3-6-18(27)24-9-14)11-32-20(29)13-2-5-17(26)23-8-13/h1-9,15H,10-11H2,(H,22,25)(H,23,26)(H,24,27). The van der Waals surface area contributed by atoms with E-state index in [4.69, 9.17) is 14.2 Å². The van der Waals surface area contributed by atoms with E-state index in [0.29, 0.717) is 0 Å². The number of H-pyrrole nitrogens is 3. The first-order chi connectivity index (χ1) is 15.8. The molecule has 0 aliphatic rings. The van der Waals surface area contributed by atoms with Crippen molar-refractivity contribution in [2.24, 2.45) is 0 Å². The number of ether oxygens (including phenoxy) is 3. The van der Waals surface area contributed by atoms with Gasteiger partial charge in [0.05, 0.1) is 16.7 Å². The Kier molecular flexibility index (Phi) is 7.32. The van der Waals surface area contributed by atoms with E-state index in [1.165, 1.54) is 18.2 Å². The monoisotopic (exact) mass is 455 g/mol. The van der Waals surface area contributed by atoms with Gasteiger partial charge in [-0.15, -0.1) is 0 Å². The number of nitrogens with one attached hydrogen (secondary N) is 3. The van der Waals surface area contributed by atoms with Crippen LogP contribution in [0.3, 0.4) is 0 Å². The molecule has 0 amide bonds. The van der Waals surface area contributed by atoms with Crippen LogP contribution in [0.4, 0.5) is 0 Å². The second-order valence-electron chi connectivity index (χ2n) is 6.55. The van der Waals surface area contributed by atoms with Crippen LogP contribution < -0.4 is 16.7 Å². The zero-order chi connectivity index (χ0) is 23.8. The van der Waals surface area contributed by atoms with Crippen LogP contribution in [0.5, 0.6) is 0 Å². The molecule has 0 aliphatic heterocycles. The van der Waals surface area contributed by atoms with Crippen LogP contribution in [0, 0.1) is 0 Å². The van der Waals surface area contributed by atoms with Gasteiger partial charge in [-0.1, -0.05) is 0 Å². The first kappa shape index (κ1) is 22.9. The van der Waals surface area contributed by atoms with Gasteiger partial charge >= 0.3 is 17.9 Å². The molecule has 12 nitrogen and oxygen atoms in total. The van der Waals surface area contributed by atoms with Gasteiger partial charge in [0, 0.05) is 36.8 Å². The summed E-state index contributed by atoms with van der Waals surface area (Å²) in [6.07, 6.45) is 2.24. The highest BCUT2D eigenvalue weighted by molar-refractivity contribution is 5.90. The average Bonchev–Trinajstić information content (AvgIpc) is 2.81. The topological polar surface area (TPSA) is 177 Å². The minimum atomic E-state index is -1.21. The van der Waals surface area contributed by atoms with Gasteiger partial charge in [0.1, 0.15) is 13.2 Å². The second-order valence-corrected chi connectivity index (χ2v) is 6.55. The molecular weight excluding hydrogens is 438 g/mol. The van der Waals surface area contributed by atoms with E-state index in [2.05, 4.69) is 15.0 Å². The zero-order valence-corrected chi connectivity index (χ0v) is 16.9. The third-order valence-corrected chi connectivity index (χ3v) is 4.13. The fourth-order valence-corrected chi connectivity index (χ4v) is 2.45. The fraction of sp³-hybridized carbons (Fsp3) is 0.143. The highest BCUT2D eigenvalue weighted by atomic mass is 16.6. The van der Waals surface area contributed by atoms with E-state index in [1.54, 1.807) is 0 Å². The Morgan fingerprint density at radius 2 is 0.970 bits per heavy atom. The summed E-state index contributed by atoms with van der Waals surface area (Å²) in [6, 6.07) is 7.12. The normalized spacial score (nSPS) is 10.5. The molecule has 3 rings (SSSR count). The van der Waals surface area contributed by atoms with Gasteiger partial charge in [-0.25, -0.2) is 14.4 Å². The summed E-state index contributed by atoms with van der Waals surface area (Å²) in [5.41, 5.74) is -1.13. The molecule has 0 atom stereocenters. The van der Waals surface area contributed by atoms with Crippen molar-refractivity contribution < 1.29 is 28.6 Å². The third kappa shape index (κ3) is 6.62. The molecule has 3 N–H and O–H groups in total. The third-order valence-electron chi connectivity index (χ3n) is 4.13. The Bertz CT molecular complexity index is 1210. The van der Waals surface area contributed by atoms with Crippen LogP contribution in [0.1, 0.15) is 31.1 Å². The maximum Gasteiger partial charge on any atom is 0.340 e. The van der Waals surface area contributed by atoms with Crippen molar-refractivity contribution in [3.63, 3.8) is 0 Å². The lowest BCUT2D eigenvalue weighted by atomic mass is 10.3. The average molecular weight is 455 g/mol. The second kappa shape index (κ2) is 10.5. The molecule has 0 radical (unpaired) electrons. The molecule has 3 aromatic heterocycles. The minimum absolute atomic E-state index is 0.0125. The Hall–Kier alpha value is -4.74. The summed E-state index contributed by atoms with van der Waals surface area (Å²) in [5.74, 6) is -2.50. The molecule has 3 aromatic rings. The lowest BCUT2D eigenvalue weighted by molar-refractivity contribution is -0.0254. The Morgan fingerprint density at radius 3 is 1.30 bits per heavy atom. The van der Waals surface area contributed by atoms with E-state index in [-0.39, 0.29) is 16.7 Å². The molecule has 33 heavy (non-hydrogen) atoms. The lowest BCUT2D eigenvalue weighted by Crippen LogP contribution is -2.31. The SMILES string of the molecule is O=C(OCC(COC(=O)c1ccc(=O)[nH]c1)OC(=O)c1ccc(=O)[nH]c1)c1ccc(=O)[nH]c1. The van der Waals surface area contributed by atoms with Crippen LogP contribution in [-0.4, -0.2) is 52.2 Å². The van der Waals surface area contributed by atoms with Gasteiger partial charge in [0.15, 0.2) is 6.10 Å². The summed E-state index contributed by atoms with van der Waals surface area (Å²) in [5, 5.41) is 0. The van der Waals surface area contributed by atoms with Crippen LogP contribution in [0.2, 0.25) is 0 Å². The molecule has 170 valence electrons. The van der Waals surface area contributed by atoms with Gasteiger partial charge in [-0.3, -0.25) is 14.4 Å². The number of aromatic nitrogens is 3. The Balaban J connectivity index is 1.67. The minimum Gasteiger partial charge on any atom is -0.458 e. The lowest BCUT2D eigenvalue weighted by Gasteiger charge is -2.18. The predicted molar refractivity (Wildman–Crippen MR) is 111 cm³/mol. The van der Waals surface area contributed by atoms with E-state index < -0.39 is 53.9 Å². The number of rotatable bonds is 8. The van der Waals surface area contributed by atoms with Gasteiger partial charge < -0.3 is 29.2 Å². The smallest absolute Gasteiger partial charge is 0.340 e. The van der Waals surface area contributed by atoms with Gasteiger partial charge in [-0.05, 0) is 18.2 Å². The molecule has 0 aromatic carbocycles. The number of carbonyl (C=O) groups is 3. The number of hydrogen-bond donors (Lipinski definition) is 3. The molecule has 0 bridgehead atoms. The van der Waals surface area contributed by atoms with Crippen LogP contribution in [-0.2, 0) is 14.2 Å². The molecule has 0 fully saturated rings. The molecule has 3 heterocycles. The summed E-state index contributed by atoms with van der Waals surface area (Å²) in [6.45, 7) is -0.960. The quantitative estimate of drug-likeness (QED) is 0.311. The van der Waals surface area contributed by atoms with Crippen molar-refractivity contribution in [2.45, 2.75) is 6.10 Å². The maximum absolute atomic E-state index is 12.4. The van der Waals surface area contributed by atoms with Crippen molar-refractivity contribution in [3.8, 4) is 0 Å². The zero-order valence-electron chi connectivity index (χ0n) is 16.9. The predicted octanol–water partition coefficient (Wildman–Crippen LogP) is -0.00910. The largest absolute Gasteiger partial charge is 0.458 e. The van der Waals surface area contributed by atoms with Crippen LogP contribution >= 0.6 is 0 Å². The van der Waals surface area contributed by atoms with Crippen molar-refractivity contribution in [2.75, 3.05) is 13.2 Å². The number of hydrogen-bond acceptors (Lipinski definition) is 9. The first-order valence-electron chi connectivity index (χ1n) is 9.43. The maximum atomic E-state index is 12.4. The van der Waals surface area contributed by atoms with Crippen LogP contribution in [0.25, 0.3) is 0 Å². The van der Waals surface area contributed by atoms with Gasteiger partial charge in [0.2, 0.25) is 16.7 Å². The highest BCUT2D eigenvalue weighted by Crippen LogP contribution is 2.07. The Morgan fingerprint density at radius 1 is 0.606 bits per heavy atom. The summed E-state index contributed by atoms with van der Waals surface area (Å²) in [4.78, 5) is 77.1. The van der Waals surface area contributed by atoms with Crippen molar-refractivity contribution in [1.82, 2.24) is 15.0 Å². The van der Waals surface area contributed by atoms with Gasteiger partial charge in [0.25, 0.3) is 0 Å². The number of carbonyl (C=O) groups excluding carboxylic acids is 3. The molecule has 0 saturated carbocycles. The Labute approximate surface area is 184 Å². The molecule has 0 saturated heterocycles. The fourth-order valence-electron chi connectivity index (χ4n) is 2.45. The number of aromatic amines is 3. The summed E-state index contributed by atoms with van der Waals surface area (Å²) < 4.78 is 15.5. The number of pyridine rings is 3. The molecule has 0 spiro atoms. The van der Waals surface area contributed by atoms with E-state index in [1.807, 2.05) is 0 Å². The van der Waals surface area contributed by atoms with Crippen molar-refractivity contribution in [3.05, 3.63) is 103 Å². The van der Waals surface area contributed by atoms with E-state index in [0.717, 1.165) is 36.8 Å². The van der Waals surface area contributed by atoms with Gasteiger partial charge in [-0.2, -0.15) is 0 Å². The highest BCUT2D eigenvalue weighted by Gasteiger charge is 2.21. The summed E-state index contributed by atoms with van der Waals surface area (Å²) >= 11 is 0. The van der Waals surface area contributed by atoms with Crippen molar-refractivity contribution >= 4 is 17.9 Å². The van der Waals surface area contributed by atoms with Crippen LogP contribution in [0.15, 0.2) is 69.4 Å². The molecule has 0 unspecified atom stereocenters. The van der Waals surface area contributed by atoms with E-state index >= 15 is 0 Å². The van der Waals surface area contributed by atoms with Crippen molar-refractivity contribution in [1.29, 1.82) is 0 Å². The molecule has 12 heteroatoms. The first-order valence-corrected chi connectivity index (χ1v) is 9.43.